The first kappa shape index (κ1) is 11.0. The summed E-state index contributed by atoms with van der Waals surface area (Å²) in [5.41, 5.74) is 7.53. The Kier molecular flexibility index (Phi) is 2.93. The predicted molar refractivity (Wildman–Crippen MR) is 64.6 cm³/mol. The summed E-state index contributed by atoms with van der Waals surface area (Å²) in [5, 5.41) is 9.05. The Balaban J connectivity index is 2.41. The quantitative estimate of drug-likeness (QED) is 0.797. The number of nitrogens with zero attached hydrogens (tertiary/aromatic N) is 2. The molecule has 0 amide bonds. The van der Waals surface area contributed by atoms with Gasteiger partial charge in [0.25, 0.3) is 0 Å². The fraction of sp³-hybridized carbons (Fsp3) is 0.0769. The second-order valence-electron chi connectivity index (χ2n) is 3.56. The van der Waals surface area contributed by atoms with Crippen LogP contribution in [0.1, 0.15) is 11.1 Å². The summed E-state index contributed by atoms with van der Waals surface area (Å²) in [5.74, 6) is 0.785. The maximum Gasteiger partial charge on any atom is 0.237 e. The molecule has 0 aliphatic rings. The summed E-state index contributed by atoms with van der Waals surface area (Å²) in [6.07, 6.45) is 1.60. The zero-order valence-electron chi connectivity index (χ0n) is 9.34. The molecule has 0 fully saturated rings. The number of nitrogens with two attached hydrogens (primary N) is 1. The lowest BCUT2D eigenvalue weighted by Crippen LogP contribution is -1.96. The van der Waals surface area contributed by atoms with Crippen LogP contribution in [0.4, 0.5) is 5.69 Å². The van der Waals surface area contributed by atoms with Gasteiger partial charge in [-0.2, -0.15) is 5.26 Å². The molecule has 0 unspecified atom stereocenters. The van der Waals surface area contributed by atoms with Crippen LogP contribution in [-0.2, 0) is 0 Å². The van der Waals surface area contributed by atoms with E-state index in [9.17, 15) is 0 Å². The van der Waals surface area contributed by atoms with Gasteiger partial charge in [0, 0.05) is 6.20 Å². The Morgan fingerprint density at radius 3 is 2.76 bits per heavy atom. The van der Waals surface area contributed by atoms with E-state index >= 15 is 0 Å². The number of nitrogen functional groups attached to an aromatic ring is 1. The maximum absolute atomic E-state index is 9.05. The van der Waals surface area contributed by atoms with Crippen LogP contribution >= 0.6 is 0 Å². The monoisotopic (exact) mass is 225 g/mol. The molecule has 0 radical (unpaired) electrons. The molecule has 2 N–H and O–H groups in total. The molecule has 0 saturated heterocycles. The number of pyridine rings is 1. The summed E-state index contributed by atoms with van der Waals surface area (Å²) < 4.78 is 5.55. The number of nitriles is 1. The second-order valence-corrected chi connectivity index (χ2v) is 3.56. The van der Waals surface area contributed by atoms with Gasteiger partial charge >= 0.3 is 0 Å². The lowest BCUT2D eigenvalue weighted by atomic mass is 10.2. The molecule has 0 saturated carbocycles. The summed E-state index contributed by atoms with van der Waals surface area (Å²) >= 11 is 0. The summed E-state index contributed by atoms with van der Waals surface area (Å²) in [4.78, 5) is 4.05. The van der Waals surface area contributed by atoms with Crippen LogP contribution in [0.3, 0.4) is 0 Å². The average Bonchev–Trinajstić information content (AvgIpc) is 2.32. The largest absolute Gasteiger partial charge is 0.436 e. The lowest BCUT2D eigenvalue weighted by Gasteiger charge is -2.09. The van der Waals surface area contributed by atoms with Crippen molar-refractivity contribution in [2.75, 3.05) is 5.73 Å². The van der Waals surface area contributed by atoms with Crippen molar-refractivity contribution in [3.8, 4) is 17.7 Å². The van der Waals surface area contributed by atoms with Gasteiger partial charge in [-0.1, -0.05) is 12.1 Å². The minimum Gasteiger partial charge on any atom is -0.436 e. The molecular formula is C13H11N3O. The number of hydrogen-bond donors (Lipinski definition) is 1. The molecule has 0 bridgehead atoms. The zero-order chi connectivity index (χ0) is 12.3. The Bertz CT molecular complexity index is 587. The van der Waals surface area contributed by atoms with E-state index in [0.717, 1.165) is 5.56 Å². The van der Waals surface area contributed by atoms with Gasteiger partial charge in [-0.05, 0) is 30.7 Å². The molecule has 0 spiro atoms. The third kappa shape index (κ3) is 2.18. The normalized spacial score (nSPS) is 9.65. The number of aromatic nitrogens is 1. The number of anilines is 1. The molecule has 2 aromatic rings. The Morgan fingerprint density at radius 1 is 1.29 bits per heavy atom. The topological polar surface area (TPSA) is 71.9 Å². The number of benzene rings is 1. The van der Waals surface area contributed by atoms with E-state index in [-0.39, 0.29) is 5.88 Å². The van der Waals surface area contributed by atoms with Crippen LogP contribution in [0, 0.1) is 18.3 Å². The number of ether oxygens (including phenoxy) is 1. The van der Waals surface area contributed by atoms with E-state index < -0.39 is 0 Å². The highest BCUT2D eigenvalue weighted by Crippen LogP contribution is 2.28. The van der Waals surface area contributed by atoms with E-state index in [1.54, 1.807) is 24.4 Å². The highest BCUT2D eigenvalue weighted by molar-refractivity contribution is 5.54. The van der Waals surface area contributed by atoms with Gasteiger partial charge < -0.3 is 10.5 Å². The fourth-order valence-corrected chi connectivity index (χ4v) is 1.42. The van der Waals surface area contributed by atoms with Gasteiger partial charge in [-0.25, -0.2) is 4.98 Å². The third-order valence-corrected chi connectivity index (χ3v) is 2.36. The molecule has 0 aliphatic heterocycles. The molecule has 2 rings (SSSR count). The zero-order valence-corrected chi connectivity index (χ0v) is 9.34. The molecule has 0 atom stereocenters. The van der Waals surface area contributed by atoms with Crippen LogP contribution in [-0.4, -0.2) is 4.98 Å². The van der Waals surface area contributed by atoms with Crippen LogP contribution < -0.4 is 10.5 Å². The smallest absolute Gasteiger partial charge is 0.237 e. The van der Waals surface area contributed by atoms with Gasteiger partial charge in [0.2, 0.25) is 5.88 Å². The second kappa shape index (κ2) is 4.54. The number of rotatable bonds is 2. The maximum atomic E-state index is 9.05. The van der Waals surface area contributed by atoms with Crippen molar-refractivity contribution in [2.24, 2.45) is 0 Å². The average molecular weight is 225 g/mol. The van der Waals surface area contributed by atoms with E-state index in [2.05, 4.69) is 11.1 Å². The minimum atomic E-state index is 0.283. The molecule has 1 heterocycles. The third-order valence-electron chi connectivity index (χ3n) is 2.36. The standard InChI is InChI=1S/C13H11N3O/c1-9-6-7-16-13(10(9)8-14)17-12-5-3-2-4-11(12)15/h2-7H,15H2,1H3. The summed E-state index contributed by atoms with van der Waals surface area (Å²) in [7, 11) is 0. The molecule has 0 aliphatic carbocycles. The van der Waals surface area contributed by atoms with Gasteiger partial charge in [-0.15, -0.1) is 0 Å². The first-order valence-electron chi connectivity index (χ1n) is 5.10. The molecular weight excluding hydrogens is 214 g/mol. The van der Waals surface area contributed by atoms with Crippen molar-refractivity contribution >= 4 is 5.69 Å². The van der Waals surface area contributed by atoms with Gasteiger partial charge in [-0.3, -0.25) is 0 Å². The van der Waals surface area contributed by atoms with Crippen LogP contribution in [0.5, 0.6) is 11.6 Å². The molecule has 84 valence electrons. The first-order chi connectivity index (χ1) is 8.22. The molecule has 1 aromatic heterocycles. The van der Waals surface area contributed by atoms with E-state index in [4.69, 9.17) is 15.7 Å². The number of para-hydroxylation sites is 2. The van der Waals surface area contributed by atoms with Gasteiger partial charge in [0.1, 0.15) is 11.6 Å². The van der Waals surface area contributed by atoms with E-state index in [0.29, 0.717) is 17.0 Å². The van der Waals surface area contributed by atoms with Crippen molar-refractivity contribution in [3.05, 3.63) is 47.7 Å². The summed E-state index contributed by atoms with van der Waals surface area (Å²) in [6, 6.07) is 10.9. The molecule has 1 aromatic carbocycles. The SMILES string of the molecule is Cc1ccnc(Oc2ccccc2N)c1C#N. The Labute approximate surface area is 99.3 Å². The van der Waals surface area contributed by atoms with Crippen molar-refractivity contribution in [1.82, 2.24) is 4.98 Å². The molecule has 17 heavy (non-hydrogen) atoms. The van der Waals surface area contributed by atoms with Crippen molar-refractivity contribution < 1.29 is 4.74 Å². The van der Waals surface area contributed by atoms with Crippen LogP contribution in [0.25, 0.3) is 0 Å². The highest BCUT2D eigenvalue weighted by Gasteiger charge is 2.09. The first-order valence-corrected chi connectivity index (χ1v) is 5.10. The summed E-state index contributed by atoms with van der Waals surface area (Å²) in [6.45, 7) is 1.83. The van der Waals surface area contributed by atoms with Crippen LogP contribution in [0.2, 0.25) is 0 Å². The number of aryl methyl sites for hydroxylation is 1. The highest BCUT2D eigenvalue weighted by atomic mass is 16.5. The molecule has 4 nitrogen and oxygen atoms in total. The van der Waals surface area contributed by atoms with Crippen LogP contribution in [0.15, 0.2) is 36.5 Å². The van der Waals surface area contributed by atoms with E-state index in [1.807, 2.05) is 19.1 Å². The van der Waals surface area contributed by atoms with Gasteiger partial charge in [0.15, 0.2) is 5.75 Å². The van der Waals surface area contributed by atoms with E-state index in [1.165, 1.54) is 0 Å². The van der Waals surface area contributed by atoms with Crippen molar-refractivity contribution in [2.45, 2.75) is 6.92 Å². The molecule has 4 heteroatoms. The van der Waals surface area contributed by atoms with Gasteiger partial charge in [0.05, 0.1) is 5.69 Å². The predicted octanol–water partition coefficient (Wildman–Crippen LogP) is 2.64. The van der Waals surface area contributed by atoms with Crippen molar-refractivity contribution in [3.63, 3.8) is 0 Å². The Morgan fingerprint density at radius 2 is 2.06 bits per heavy atom. The Hall–Kier alpha value is -2.54. The minimum absolute atomic E-state index is 0.283. The fourth-order valence-electron chi connectivity index (χ4n) is 1.42. The lowest BCUT2D eigenvalue weighted by molar-refractivity contribution is 0.463. The number of hydrogen-bond acceptors (Lipinski definition) is 4. The van der Waals surface area contributed by atoms with Crippen molar-refractivity contribution in [1.29, 1.82) is 5.26 Å².